The number of amides is 2. The standard InChI is InChI=1S/C15H22N4O2/c1-18(9-4-8-16)15(21)7-10-19-11-14(20)17-12-5-2-3-6-13(12)19/h2-3,5-6H,4,7-11,16H2,1H3,(H,17,20). The van der Waals surface area contributed by atoms with Gasteiger partial charge >= 0.3 is 0 Å². The SMILES string of the molecule is CN(CCCN)C(=O)CCN1CC(=O)Nc2ccccc21. The van der Waals surface area contributed by atoms with E-state index in [1.165, 1.54) is 0 Å². The zero-order valence-electron chi connectivity index (χ0n) is 12.3. The molecule has 0 fully saturated rings. The number of nitrogens with one attached hydrogen (secondary N) is 1. The second-order valence-electron chi connectivity index (χ2n) is 5.19. The van der Waals surface area contributed by atoms with Crippen molar-refractivity contribution in [2.75, 3.05) is 43.4 Å². The molecule has 6 nitrogen and oxygen atoms in total. The van der Waals surface area contributed by atoms with E-state index in [9.17, 15) is 9.59 Å². The quantitative estimate of drug-likeness (QED) is 0.806. The van der Waals surface area contributed by atoms with Crippen molar-refractivity contribution >= 4 is 23.2 Å². The number of fused-ring (bicyclic) bond motifs is 1. The van der Waals surface area contributed by atoms with Crippen LogP contribution in [0.4, 0.5) is 11.4 Å². The van der Waals surface area contributed by atoms with E-state index in [-0.39, 0.29) is 18.4 Å². The zero-order valence-corrected chi connectivity index (χ0v) is 12.3. The Balaban J connectivity index is 1.94. The van der Waals surface area contributed by atoms with Gasteiger partial charge in [0, 0.05) is 26.6 Å². The number of anilines is 2. The number of carbonyl (C=O) groups is 2. The fourth-order valence-corrected chi connectivity index (χ4v) is 2.38. The van der Waals surface area contributed by atoms with Crippen LogP contribution in [0.15, 0.2) is 24.3 Å². The second-order valence-corrected chi connectivity index (χ2v) is 5.19. The van der Waals surface area contributed by atoms with Crippen molar-refractivity contribution in [3.8, 4) is 0 Å². The van der Waals surface area contributed by atoms with Crippen molar-refractivity contribution in [2.24, 2.45) is 5.73 Å². The highest BCUT2D eigenvalue weighted by molar-refractivity contribution is 6.01. The molecule has 0 unspecified atom stereocenters. The summed E-state index contributed by atoms with van der Waals surface area (Å²) in [5.41, 5.74) is 7.22. The van der Waals surface area contributed by atoms with Crippen LogP contribution in [0.1, 0.15) is 12.8 Å². The first-order valence-corrected chi connectivity index (χ1v) is 7.19. The molecule has 1 heterocycles. The highest BCUT2D eigenvalue weighted by Crippen LogP contribution is 2.28. The lowest BCUT2D eigenvalue weighted by Gasteiger charge is -2.31. The predicted octanol–water partition coefficient (Wildman–Crippen LogP) is 0.642. The minimum Gasteiger partial charge on any atom is -0.360 e. The molecule has 0 aromatic heterocycles. The molecule has 0 saturated heterocycles. The average Bonchev–Trinajstić information content (AvgIpc) is 2.49. The van der Waals surface area contributed by atoms with Crippen LogP contribution in [0.2, 0.25) is 0 Å². The molecule has 1 aliphatic rings. The summed E-state index contributed by atoms with van der Waals surface area (Å²) < 4.78 is 0. The van der Waals surface area contributed by atoms with Gasteiger partial charge in [-0.1, -0.05) is 12.1 Å². The first kappa shape index (κ1) is 15.3. The molecule has 2 rings (SSSR count). The maximum absolute atomic E-state index is 12.0. The summed E-state index contributed by atoms with van der Waals surface area (Å²) in [6.45, 7) is 2.08. The largest absolute Gasteiger partial charge is 0.360 e. The number of nitrogens with two attached hydrogens (primary N) is 1. The Morgan fingerprint density at radius 2 is 2.19 bits per heavy atom. The van der Waals surface area contributed by atoms with Crippen molar-refractivity contribution in [1.82, 2.24) is 4.90 Å². The fraction of sp³-hybridized carbons (Fsp3) is 0.467. The lowest BCUT2D eigenvalue weighted by molar-refractivity contribution is -0.129. The van der Waals surface area contributed by atoms with Crippen molar-refractivity contribution in [1.29, 1.82) is 0 Å². The highest BCUT2D eigenvalue weighted by Gasteiger charge is 2.22. The smallest absolute Gasteiger partial charge is 0.243 e. The Morgan fingerprint density at radius 3 is 2.95 bits per heavy atom. The molecule has 0 atom stereocenters. The number of hydrogen-bond donors (Lipinski definition) is 2. The van der Waals surface area contributed by atoms with Crippen molar-refractivity contribution < 1.29 is 9.59 Å². The number of hydrogen-bond acceptors (Lipinski definition) is 4. The predicted molar refractivity (Wildman–Crippen MR) is 83.2 cm³/mol. The van der Waals surface area contributed by atoms with Gasteiger partial charge in [-0.3, -0.25) is 9.59 Å². The summed E-state index contributed by atoms with van der Waals surface area (Å²) >= 11 is 0. The molecule has 6 heteroatoms. The summed E-state index contributed by atoms with van der Waals surface area (Å²) in [4.78, 5) is 27.4. The third-order valence-corrected chi connectivity index (χ3v) is 3.57. The molecule has 0 spiro atoms. The van der Waals surface area contributed by atoms with E-state index in [4.69, 9.17) is 5.73 Å². The molecule has 21 heavy (non-hydrogen) atoms. The van der Waals surface area contributed by atoms with Gasteiger partial charge in [0.2, 0.25) is 11.8 Å². The summed E-state index contributed by atoms with van der Waals surface area (Å²) in [7, 11) is 1.79. The van der Waals surface area contributed by atoms with Gasteiger partial charge in [0.15, 0.2) is 0 Å². The average molecular weight is 290 g/mol. The molecular weight excluding hydrogens is 268 g/mol. The number of carbonyl (C=O) groups excluding carboxylic acids is 2. The van der Waals surface area contributed by atoms with E-state index in [1.54, 1.807) is 11.9 Å². The fourth-order valence-electron chi connectivity index (χ4n) is 2.38. The maximum Gasteiger partial charge on any atom is 0.243 e. The highest BCUT2D eigenvalue weighted by atomic mass is 16.2. The molecule has 2 amide bonds. The molecule has 0 saturated carbocycles. The summed E-state index contributed by atoms with van der Waals surface area (Å²) in [6, 6.07) is 7.64. The van der Waals surface area contributed by atoms with Crippen LogP contribution in [-0.4, -0.2) is 49.9 Å². The Morgan fingerprint density at radius 1 is 1.43 bits per heavy atom. The topological polar surface area (TPSA) is 78.7 Å². The number of benzene rings is 1. The van der Waals surface area contributed by atoms with E-state index in [2.05, 4.69) is 5.32 Å². The van der Waals surface area contributed by atoms with Crippen LogP contribution < -0.4 is 16.0 Å². The number of para-hydroxylation sites is 2. The normalized spacial score (nSPS) is 13.6. The van der Waals surface area contributed by atoms with Gasteiger partial charge in [0.05, 0.1) is 17.9 Å². The summed E-state index contributed by atoms with van der Waals surface area (Å²) in [6.07, 6.45) is 1.19. The second kappa shape index (κ2) is 7.08. The van der Waals surface area contributed by atoms with E-state index < -0.39 is 0 Å². The Kier molecular flexibility index (Phi) is 5.16. The van der Waals surface area contributed by atoms with E-state index in [0.29, 0.717) is 26.1 Å². The Labute approximate surface area is 124 Å². The molecule has 0 bridgehead atoms. The Bertz CT molecular complexity index is 518. The minimum absolute atomic E-state index is 0.0439. The first-order valence-electron chi connectivity index (χ1n) is 7.19. The first-order chi connectivity index (χ1) is 10.1. The van der Waals surface area contributed by atoms with Gasteiger partial charge in [0.1, 0.15) is 0 Å². The molecule has 1 aromatic carbocycles. The van der Waals surface area contributed by atoms with Gasteiger partial charge < -0.3 is 20.9 Å². The molecule has 1 aliphatic heterocycles. The van der Waals surface area contributed by atoms with Crippen LogP contribution in [-0.2, 0) is 9.59 Å². The molecule has 1 aromatic rings. The monoisotopic (exact) mass is 290 g/mol. The van der Waals surface area contributed by atoms with Gasteiger partial charge in [-0.2, -0.15) is 0 Å². The zero-order chi connectivity index (χ0) is 15.2. The third kappa shape index (κ3) is 3.95. The molecule has 3 N–H and O–H groups in total. The lowest BCUT2D eigenvalue weighted by atomic mass is 10.2. The van der Waals surface area contributed by atoms with Crippen molar-refractivity contribution in [3.05, 3.63) is 24.3 Å². The number of rotatable bonds is 6. The Hall–Kier alpha value is -2.08. The molecular formula is C15H22N4O2. The minimum atomic E-state index is -0.0439. The van der Waals surface area contributed by atoms with Crippen molar-refractivity contribution in [3.63, 3.8) is 0 Å². The van der Waals surface area contributed by atoms with Crippen LogP contribution in [0.5, 0.6) is 0 Å². The summed E-state index contributed by atoms with van der Waals surface area (Å²) in [5, 5.41) is 2.84. The van der Waals surface area contributed by atoms with Crippen LogP contribution in [0.3, 0.4) is 0 Å². The van der Waals surface area contributed by atoms with E-state index in [1.807, 2.05) is 29.2 Å². The van der Waals surface area contributed by atoms with Gasteiger partial charge in [0.25, 0.3) is 0 Å². The molecule has 114 valence electrons. The lowest BCUT2D eigenvalue weighted by Crippen LogP contribution is -2.40. The molecule has 0 aliphatic carbocycles. The number of nitrogens with zero attached hydrogens (tertiary/aromatic N) is 2. The molecule has 0 radical (unpaired) electrons. The maximum atomic E-state index is 12.0. The van der Waals surface area contributed by atoms with Gasteiger partial charge in [-0.15, -0.1) is 0 Å². The van der Waals surface area contributed by atoms with Crippen molar-refractivity contribution in [2.45, 2.75) is 12.8 Å². The van der Waals surface area contributed by atoms with Crippen LogP contribution in [0, 0.1) is 0 Å². The van der Waals surface area contributed by atoms with Gasteiger partial charge in [-0.25, -0.2) is 0 Å². The third-order valence-electron chi connectivity index (χ3n) is 3.57. The summed E-state index contributed by atoms with van der Waals surface area (Å²) in [5.74, 6) is 0.0320. The van der Waals surface area contributed by atoms with Crippen LogP contribution in [0.25, 0.3) is 0 Å². The van der Waals surface area contributed by atoms with E-state index in [0.717, 1.165) is 17.8 Å². The van der Waals surface area contributed by atoms with Gasteiger partial charge in [-0.05, 0) is 25.1 Å². The van der Waals surface area contributed by atoms with E-state index >= 15 is 0 Å². The van der Waals surface area contributed by atoms with Crippen LogP contribution >= 0.6 is 0 Å².